The van der Waals surface area contributed by atoms with E-state index in [0.717, 1.165) is 26.2 Å². The van der Waals surface area contributed by atoms with Gasteiger partial charge in [-0.1, -0.05) is 44.7 Å². The van der Waals surface area contributed by atoms with E-state index in [4.69, 9.17) is 0 Å². The first-order valence-electron chi connectivity index (χ1n) is 12.5. The molecule has 1 aromatic rings. The van der Waals surface area contributed by atoms with Gasteiger partial charge in [-0.15, -0.1) is 0 Å². The standard InChI is InChI=1S/C28H33N3O5/c1-28(2,3)16-19(32)17-31-14-12-30(13-15-31)11-5-7-18-6-4-8-20-23(18)26(35)24(25(20)34)21-9-10-22(33)29-27(21)36/h4,6,8,21,24H,9-17H2,1-3H3,(H,29,33,36). The Morgan fingerprint density at radius 1 is 1.03 bits per heavy atom. The van der Waals surface area contributed by atoms with Crippen LogP contribution in [0.3, 0.4) is 0 Å². The number of benzene rings is 1. The van der Waals surface area contributed by atoms with Gasteiger partial charge in [-0.25, -0.2) is 0 Å². The van der Waals surface area contributed by atoms with E-state index in [1.807, 2.05) is 0 Å². The number of hydrogen-bond donors (Lipinski definition) is 1. The molecule has 4 rings (SSSR count). The van der Waals surface area contributed by atoms with Gasteiger partial charge >= 0.3 is 0 Å². The van der Waals surface area contributed by atoms with E-state index in [1.165, 1.54) is 0 Å². The minimum Gasteiger partial charge on any atom is -0.298 e. The number of nitrogens with zero attached hydrogens (tertiary/aromatic N) is 2. The minimum atomic E-state index is -1.09. The zero-order valence-electron chi connectivity index (χ0n) is 21.2. The third kappa shape index (κ3) is 5.80. The molecule has 36 heavy (non-hydrogen) atoms. The van der Waals surface area contributed by atoms with Crippen molar-refractivity contribution >= 4 is 29.2 Å². The van der Waals surface area contributed by atoms with E-state index in [1.54, 1.807) is 18.2 Å². The molecule has 2 amide bonds. The molecule has 2 unspecified atom stereocenters. The first-order chi connectivity index (χ1) is 17.0. The van der Waals surface area contributed by atoms with Crippen molar-refractivity contribution in [1.29, 1.82) is 0 Å². The molecule has 1 N–H and O–H groups in total. The second kappa shape index (κ2) is 10.5. The molecule has 2 saturated heterocycles. The number of nitrogens with one attached hydrogen (secondary N) is 1. The van der Waals surface area contributed by atoms with Gasteiger partial charge in [-0.05, 0) is 17.9 Å². The Hall–Kier alpha value is -3.15. The molecule has 1 aromatic carbocycles. The predicted octanol–water partition coefficient (Wildman–Crippen LogP) is 1.71. The third-order valence-corrected chi connectivity index (χ3v) is 6.94. The summed E-state index contributed by atoms with van der Waals surface area (Å²) in [6, 6.07) is 5.03. The van der Waals surface area contributed by atoms with E-state index in [9.17, 15) is 24.0 Å². The van der Waals surface area contributed by atoms with Crippen LogP contribution in [-0.4, -0.2) is 78.2 Å². The van der Waals surface area contributed by atoms with Gasteiger partial charge in [-0.2, -0.15) is 0 Å². The van der Waals surface area contributed by atoms with Gasteiger partial charge in [0.25, 0.3) is 0 Å². The fourth-order valence-electron chi connectivity index (χ4n) is 5.21. The fraction of sp³-hybridized carbons (Fsp3) is 0.536. The molecule has 0 bridgehead atoms. The lowest BCUT2D eigenvalue weighted by molar-refractivity contribution is -0.137. The lowest BCUT2D eigenvalue weighted by atomic mass is 9.82. The molecule has 3 aliphatic rings. The molecule has 0 radical (unpaired) electrons. The molecule has 2 fully saturated rings. The molecular formula is C28H33N3O5. The summed E-state index contributed by atoms with van der Waals surface area (Å²) in [7, 11) is 0. The Morgan fingerprint density at radius 2 is 1.72 bits per heavy atom. The largest absolute Gasteiger partial charge is 0.298 e. The Labute approximate surface area is 211 Å². The van der Waals surface area contributed by atoms with Gasteiger partial charge in [0.2, 0.25) is 11.8 Å². The van der Waals surface area contributed by atoms with Crippen molar-refractivity contribution in [3.8, 4) is 11.8 Å². The minimum absolute atomic E-state index is 0.0000102. The summed E-state index contributed by atoms with van der Waals surface area (Å²) in [4.78, 5) is 66.7. The molecule has 190 valence electrons. The van der Waals surface area contributed by atoms with Crippen molar-refractivity contribution in [3.05, 3.63) is 34.9 Å². The van der Waals surface area contributed by atoms with Crippen molar-refractivity contribution in [2.75, 3.05) is 39.3 Å². The molecule has 0 aromatic heterocycles. The molecule has 0 saturated carbocycles. The third-order valence-electron chi connectivity index (χ3n) is 6.94. The number of amides is 2. The quantitative estimate of drug-likeness (QED) is 0.380. The molecule has 2 heterocycles. The maximum atomic E-state index is 13.2. The van der Waals surface area contributed by atoms with E-state index in [-0.39, 0.29) is 47.1 Å². The first kappa shape index (κ1) is 25.9. The van der Waals surface area contributed by atoms with Crippen LogP contribution in [0.1, 0.15) is 66.3 Å². The van der Waals surface area contributed by atoms with Crippen LogP contribution < -0.4 is 5.32 Å². The lowest BCUT2D eigenvalue weighted by Crippen LogP contribution is -2.48. The normalized spacial score (nSPS) is 23.2. The lowest BCUT2D eigenvalue weighted by Gasteiger charge is -2.33. The van der Waals surface area contributed by atoms with Crippen LogP contribution in [0, 0.1) is 29.1 Å². The number of imide groups is 1. The van der Waals surface area contributed by atoms with Crippen LogP contribution in [0.4, 0.5) is 0 Å². The Morgan fingerprint density at radius 3 is 2.39 bits per heavy atom. The highest BCUT2D eigenvalue weighted by Gasteiger charge is 2.48. The highest BCUT2D eigenvalue weighted by atomic mass is 16.2. The number of ketones is 3. The summed E-state index contributed by atoms with van der Waals surface area (Å²) in [5, 5.41) is 2.24. The molecule has 2 atom stereocenters. The summed E-state index contributed by atoms with van der Waals surface area (Å²) in [5.41, 5.74) is 1.08. The van der Waals surface area contributed by atoms with Gasteiger partial charge in [0, 0.05) is 55.7 Å². The summed E-state index contributed by atoms with van der Waals surface area (Å²) >= 11 is 0. The van der Waals surface area contributed by atoms with Crippen LogP contribution in [0.15, 0.2) is 18.2 Å². The summed E-state index contributed by atoms with van der Waals surface area (Å²) in [5.74, 6) is 2.85. The number of carbonyl (C=O) groups excluding carboxylic acids is 5. The van der Waals surface area contributed by atoms with Crippen molar-refractivity contribution in [1.82, 2.24) is 15.1 Å². The number of piperidine rings is 1. The maximum Gasteiger partial charge on any atom is 0.230 e. The van der Waals surface area contributed by atoms with Crippen molar-refractivity contribution < 1.29 is 24.0 Å². The van der Waals surface area contributed by atoms with Crippen molar-refractivity contribution in [2.24, 2.45) is 17.3 Å². The van der Waals surface area contributed by atoms with Crippen LogP contribution in [0.2, 0.25) is 0 Å². The predicted molar refractivity (Wildman–Crippen MR) is 133 cm³/mol. The number of Topliss-reactive ketones (excluding diaryl/α,β-unsaturated/α-hetero) is 3. The SMILES string of the molecule is CC(C)(C)CC(=O)CN1CCN(CC#Cc2cccc3c2C(=O)C(C2CCC(=O)NC2=O)C3=O)CC1. The van der Waals surface area contributed by atoms with Gasteiger partial charge in [0.15, 0.2) is 11.6 Å². The second-order valence-electron chi connectivity index (χ2n) is 11.1. The highest BCUT2D eigenvalue weighted by Crippen LogP contribution is 2.36. The monoisotopic (exact) mass is 491 g/mol. The summed E-state index contributed by atoms with van der Waals surface area (Å²) in [6.45, 7) is 10.4. The Balaban J connectivity index is 1.37. The molecule has 1 aliphatic carbocycles. The Kier molecular flexibility index (Phi) is 7.53. The average molecular weight is 492 g/mol. The van der Waals surface area contributed by atoms with Gasteiger partial charge in [0.05, 0.1) is 24.9 Å². The average Bonchev–Trinajstić information content (AvgIpc) is 3.05. The topological polar surface area (TPSA) is 104 Å². The highest BCUT2D eigenvalue weighted by molar-refractivity contribution is 6.29. The van der Waals surface area contributed by atoms with Crippen molar-refractivity contribution in [2.45, 2.75) is 40.0 Å². The molecule has 2 aliphatic heterocycles. The Bertz CT molecular complexity index is 1160. The van der Waals surface area contributed by atoms with E-state index >= 15 is 0 Å². The number of hydrogen-bond acceptors (Lipinski definition) is 7. The van der Waals surface area contributed by atoms with Gasteiger partial charge in [0.1, 0.15) is 5.78 Å². The molecule has 8 heteroatoms. The van der Waals surface area contributed by atoms with Crippen molar-refractivity contribution in [3.63, 3.8) is 0 Å². The van der Waals surface area contributed by atoms with Crippen LogP contribution >= 0.6 is 0 Å². The fourth-order valence-corrected chi connectivity index (χ4v) is 5.21. The maximum absolute atomic E-state index is 13.2. The summed E-state index contributed by atoms with van der Waals surface area (Å²) in [6.07, 6.45) is 0.885. The van der Waals surface area contributed by atoms with Crippen LogP contribution in [-0.2, 0) is 14.4 Å². The number of fused-ring (bicyclic) bond motifs is 1. The van der Waals surface area contributed by atoms with E-state index < -0.39 is 17.7 Å². The summed E-state index contributed by atoms with van der Waals surface area (Å²) < 4.78 is 0. The number of piperazine rings is 1. The molecular weight excluding hydrogens is 458 g/mol. The van der Waals surface area contributed by atoms with Crippen LogP contribution in [0.25, 0.3) is 0 Å². The number of carbonyl (C=O) groups is 5. The van der Waals surface area contributed by atoms with Gasteiger partial charge < -0.3 is 0 Å². The molecule has 8 nitrogen and oxygen atoms in total. The van der Waals surface area contributed by atoms with E-state index in [0.29, 0.717) is 30.6 Å². The van der Waals surface area contributed by atoms with E-state index in [2.05, 4.69) is 47.7 Å². The van der Waals surface area contributed by atoms with Gasteiger partial charge in [-0.3, -0.25) is 39.1 Å². The zero-order chi connectivity index (χ0) is 26.0. The second-order valence-corrected chi connectivity index (χ2v) is 11.1. The van der Waals surface area contributed by atoms with Crippen LogP contribution in [0.5, 0.6) is 0 Å². The smallest absolute Gasteiger partial charge is 0.230 e. The molecule has 0 spiro atoms. The number of rotatable bonds is 5. The zero-order valence-corrected chi connectivity index (χ0v) is 21.2. The first-order valence-corrected chi connectivity index (χ1v) is 12.5.